The molecule has 0 heterocycles. The van der Waals surface area contributed by atoms with E-state index in [1.807, 2.05) is 0 Å². The van der Waals surface area contributed by atoms with Gasteiger partial charge >= 0.3 is 0 Å². The predicted octanol–water partition coefficient (Wildman–Crippen LogP) is 3.27. The first-order chi connectivity index (χ1) is 21.1. The molecule has 5 saturated carbocycles. The lowest BCUT2D eigenvalue weighted by atomic mass is 9.49. The highest BCUT2D eigenvalue weighted by Crippen LogP contribution is 2.60. The molecule has 1 aromatic carbocycles. The standard InChI is InChI=1S/C34H42ClN3O7/c1-37(2)27-21-8-18-7-20-24(28(40)23(18)30(42)34(21,45)31(43)25(29(27)41)32(36)44)22(39)9-19(26(20)35)13-38(3)14-33-10-15-4-16(11-33)6-17(5-15)12-33/h9,15-18,21,27,39-40,43,45H,4-8,10-14H2,1-3H3,(H2,36,44)/t15?,16?,17?,18-,21-,27-,33?,34-/m0/s1. The maximum Gasteiger partial charge on any atom is 0.255 e. The number of nitrogens with two attached hydrogens (primary N) is 1. The highest BCUT2D eigenvalue weighted by atomic mass is 35.5. The maximum absolute atomic E-state index is 14.0. The topological polar surface area (TPSA) is 165 Å². The Morgan fingerprint density at radius 1 is 1.02 bits per heavy atom. The van der Waals surface area contributed by atoms with Crippen LogP contribution in [0.1, 0.15) is 61.6 Å². The minimum absolute atomic E-state index is 0.0174. The molecule has 4 bridgehead atoms. The van der Waals surface area contributed by atoms with Crippen molar-refractivity contribution in [2.75, 3.05) is 27.7 Å². The van der Waals surface area contributed by atoms with Crippen LogP contribution in [0.15, 0.2) is 23.0 Å². The highest BCUT2D eigenvalue weighted by Gasteiger charge is 2.64. The fourth-order valence-electron chi connectivity index (χ4n) is 10.9. The quantitative estimate of drug-likeness (QED) is 0.294. The number of likely N-dealkylation sites (N-methyl/N-ethyl adjacent to an activating group) is 1. The highest BCUT2D eigenvalue weighted by molar-refractivity contribution is 6.32. The third-order valence-corrected chi connectivity index (χ3v) is 12.4. The van der Waals surface area contributed by atoms with Crippen molar-refractivity contribution in [3.8, 4) is 5.75 Å². The number of phenols is 1. The lowest BCUT2D eigenvalue weighted by Crippen LogP contribution is -2.65. The van der Waals surface area contributed by atoms with Crippen molar-refractivity contribution in [1.82, 2.24) is 9.80 Å². The second-order valence-electron chi connectivity index (χ2n) is 15.3. The van der Waals surface area contributed by atoms with E-state index in [4.69, 9.17) is 17.3 Å². The zero-order valence-electron chi connectivity index (χ0n) is 26.0. The number of fused-ring (bicyclic) bond motifs is 3. The fourth-order valence-corrected chi connectivity index (χ4v) is 11.2. The van der Waals surface area contributed by atoms with Crippen molar-refractivity contribution in [3.63, 3.8) is 0 Å². The van der Waals surface area contributed by atoms with Gasteiger partial charge in [0.15, 0.2) is 11.4 Å². The van der Waals surface area contributed by atoms with E-state index in [0.29, 0.717) is 22.5 Å². The van der Waals surface area contributed by atoms with Crippen molar-refractivity contribution >= 4 is 34.8 Å². The maximum atomic E-state index is 14.0. The molecule has 11 heteroatoms. The van der Waals surface area contributed by atoms with Gasteiger partial charge in [0.05, 0.1) is 11.6 Å². The van der Waals surface area contributed by atoms with Gasteiger partial charge in [-0.15, -0.1) is 0 Å². The molecule has 1 amide bonds. The van der Waals surface area contributed by atoms with Crippen LogP contribution in [-0.2, 0) is 27.3 Å². The van der Waals surface area contributed by atoms with Crippen molar-refractivity contribution in [2.24, 2.45) is 40.7 Å². The van der Waals surface area contributed by atoms with Gasteiger partial charge in [-0.05, 0) is 119 Å². The Morgan fingerprint density at radius 3 is 2.18 bits per heavy atom. The molecule has 7 aliphatic rings. The average molecular weight is 640 g/mol. The van der Waals surface area contributed by atoms with E-state index in [0.717, 1.165) is 29.9 Å². The average Bonchev–Trinajstić information content (AvgIpc) is 2.92. The monoisotopic (exact) mass is 639 g/mol. The zero-order chi connectivity index (χ0) is 32.3. The number of aliphatic hydroxyl groups excluding tert-OH is 2. The van der Waals surface area contributed by atoms with Crippen LogP contribution in [0.5, 0.6) is 5.75 Å². The number of primary amides is 1. The Morgan fingerprint density at radius 2 is 1.62 bits per heavy atom. The Bertz CT molecular complexity index is 1560. The SMILES string of the molecule is CN(Cc1cc(O)c2c(c1Cl)C[C@H]1C[C@H]3[C@H](N(C)C)C(=O)C(C(N)=O)=C(O)[C@@]3(O)C(=O)C1=C2O)CC12CC3CC(CC(C3)C1)C2. The van der Waals surface area contributed by atoms with E-state index in [9.17, 15) is 34.8 Å². The largest absolute Gasteiger partial charge is 0.508 e. The molecular weight excluding hydrogens is 598 g/mol. The Kier molecular flexibility index (Phi) is 7.02. The number of carbonyl (C=O) groups excluding carboxylic acids is 3. The molecule has 4 atom stereocenters. The summed E-state index contributed by atoms with van der Waals surface area (Å²) >= 11 is 7.03. The second-order valence-corrected chi connectivity index (χ2v) is 15.7. The first kappa shape index (κ1) is 30.7. The molecule has 6 N–H and O–H groups in total. The molecule has 8 rings (SSSR count). The van der Waals surface area contributed by atoms with Crippen LogP contribution in [0.3, 0.4) is 0 Å². The molecule has 0 spiro atoms. The first-order valence-electron chi connectivity index (χ1n) is 16.0. The summed E-state index contributed by atoms with van der Waals surface area (Å²) in [5, 5.41) is 45.9. The zero-order valence-corrected chi connectivity index (χ0v) is 26.7. The van der Waals surface area contributed by atoms with Crippen molar-refractivity contribution < 1.29 is 34.8 Å². The number of rotatable bonds is 6. The molecule has 10 nitrogen and oxygen atoms in total. The molecule has 45 heavy (non-hydrogen) atoms. The molecule has 0 aliphatic heterocycles. The van der Waals surface area contributed by atoms with Crippen LogP contribution < -0.4 is 5.73 Å². The van der Waals surface area contributed by atoms with Gasteiger partial charge in [0.2, 0.25) is 5.78 Å². The number of hydrogen-bond donors (Lipinski definition) is 5. The van der Waals surface area contributed by atoms with Crippen molar-refractivity contribution in [2.45, 2.75) is 69.6 Å². The number of aliphatic hydroxyl groups is 3. The van der Waals surface area contributed by atoms with Crippen molar-refractivity contribution in [3.05, 3.63) is 44.7 Å². The number of aromatic hydroxyl groups is 1. The van der Waals surface area contributed by atoms with Gasteiger partial charge < -0.3 is 31.1 Å². The van der Waals surface area contributed by atoms with Crippen LogP contribution in [-0.4, -0.2) is 87.0 Å². The summed E-state index contributed by atoms with van der Waals surface area (Å²) in [5.41, 5.74) is 3.30. The molecule has 1 aromatic rings. The van der Waals surface area contributed by atoms with Crippen LogP contribution in [0.25, 0.3) is 5.76 Å². The lowest BCUT2D eigenvalue weighted by molar-refractivity contribution is -0.153. The summed E-state index contributed by atoms with van der Waals surface area (Å²) in [4.78, 5) is 43.3. The molecule has 0 aromatic heterocycles. The minimum atomic E-state index is -2.66. The third-order valence-electron chi connectivity index (χ3n) is 11.9. The summed E-state index contributed by atoms with van der Waals surface area (Å²) in [6, 6.07) is 0.402. The number of amides is 1. The van der Waals surface area contributed by atoms with Gasteiger partial charge in [-0.25, -0.2) is 0 Å². The van der Waals surface area contributed by atoms with E-state index in [1.165, 1.54) is 49.5 Å². The van der Waals surface area contributed by atoms with Crippen LogP contribution in [0.4, 0.5) is 0 Å². The number of Topliss-reactive ketones (excluding diaryl/α,β-unsaturated/α-hetero) is 2. The van der Waals surface area contributed by atoms with Gasteiger partial charge in [0.25, 0.3) is 5.91 Å². The Hall–Kier alpha value is -2.92. The molecular formula is C34H42ClN3O7. The number of phenolic OH excluding ortho intramolecular Hbond substituents is 1. The van der Waals surface area contributed by atoms with Crippen molar-refractivity contribution in [1.29, 1.82) is 0 Å². The van der Waals surface area contributed by atoms with Gasteiger partial charge in [-0.2, -0.15) is 0 Å². The van der Waals surface area contributed by atoms with Gasteiger partial charge in [0.1, 0.15) is 22.8 Å². The predicted molar refractivity (Wildman–Crippen MR) is 166 cm³/mol. The summed E-state index contributed by atoms with van der Waals surface area (Å²) in [7, 11) is 5.24. The molecule has 0 radical (unpaired) electrons. The molecule has 7 aliphatic carbocycles. The number of nitrogens with zero attached hydrogens (tertiary/aromatic N) is 2. The molecule has 5 fully saturated rings. The van der Waals surface area contributed by atoms with E-state index < -0.39 is 58.0 Å². The van der Waals surface area contributed by atoms with E-state index >= 15 is 0 Å². The fraction of sp³-hybridized carbons (Fsp3) is 0.618. The first-order valence-corrected chi connectivity index (χ1v) is 16.4. The van der Waals surface area contributed by atoms with E-state index in [2.05, 4.69) is 11.9 Å². The summed E-state index contributed by atoms with van der Waals surface area (Å²) in [6.07, 6.45) is 8.16. The van der Waals surface area contributed by atoms with Gasteiger partial charge in [-0.3, -0.25) is 19.3 Å². The molecule has 0 saturated heterocycles. The summed E-state index contributed by atoms with van der Waals surface area (Å²) in [5.74, 6) is -4.20. The van der Waals surface area contributed by atoms with Crippen LogP contribution in [0.2, 0.25) is 5.02 Å². The number of carbonyl (C=O) groups is 3. The van der Waals surface area contributed by atoms with Gasteiger partial charge in [-0.1, -0.05) is 11.6 Å². The van der Waals surface area contributed by atoms with E-state index in [-0.39, 0.29) is 29.7 Å². The summed E-state index contributed by atoms with van der Waals surface area (Å²) < 4.78 is 0. The van der Waals surface area contributed by atoms with Crippen LogP contribution >= 0.6 is 11.6 Å². The molecule has 242 valence electrons. The Labute approximate surface area is 267 Å². The second kappa shape index (κ2) is 10.3. The third kappa shape index (κ3) is 4.42. The summed E-state index contributed by atoms with van der Waals surface area (Å²) in [6.45, 7) is 1.47. The van der Waals surface area contributed by atoms with Gasteiger partial charge in [0, 0.05) is 29.6 Å². The number of ketones is 2. The number of hydrogen-bond acceptors (Lipinski definition) is 9. The Balaban J connectivity index is 1.23. The number of benzene rings is 1. The minimum Gasteiger partial charge on any atom is -0.508 e. The normalized spacial score (nSPS) is 37.0. The molecule has 0 unspecified atom stereocenters. The van der Waals surface area contributed by atoms with E-state index in [1.54, 1.807) is 14.1 Å². The number of halogens is 1. The lowest BCUT2D eigenvalue weighted by Gasteiger charge is -2.57. The van der Waals surface area contributed by atoms with Crippen LogP contribution in [0, 0.1) is 35.0 Å². The smallest absolute Gasteiger partial charge is 0.255 e.